The minimum atomic E-state index is -1.08. The Bertz CT molecular complexity index is 360. The summed E-state index contributed by atoms with van der Waals surface area (Å²) in [4.78, 5) is 35.9. The van der Waals surface area contributed by atoms with Crippen LogP contribution in [0.25, 0.3) is 0 Å². The van der Waals surface area contributed by atoms with Gasteiger partial charge in [0, 0.05) is 32.5 Å². The molecule has 2 N–H and O–H groups in total. The van der Waals surface area contributed by atoms with Crippen molar-refractivity contribution >= 4 is 17.8 Å². The zero-order valence-corrected chi connectivity index (χ0v) is 11.6. The Morgan fingerprint density at radius 3 is 2.32 bits per heavy atom. The third-order valence-electron chi connectivity index (χ3n) is 3.30. The lowest BCUT2D eigenvalue weighted by Crippen LogP contribution is -2.36. The molecule has 6 nitrogen and oxygen atoms in total. The molecular weight excluding hydrogens is 248 g/mol. The third kappa shape index (κ3) is 4.89. The van der Waals surface area contributed by atoms with Crippen LogP contribution in [0.15, 0.2) is 0 Å². The molecule has 0 aliphatic carbocycles. The number of rotatable bonds is 6. The van der Waals surface area contributed by atoms with Crippen molar-refractivity contribution in [3.63, 3.8) is 0 Å². The maximum absolute atomic E-state index is 11.7. The summed E-state index contributed by atoms with van der Waals surface area (Å²) in [5, 5.41) is 11.5. The molecule has 0 bridgehead atoms. The average Bonchev–Trinajstić information content (AvgIpc) is 2.81. The van der Waals surface area contributed by atoms with Crippen LogP contribution in [0, 0.1) is 5.41 Å². The standard InChI is InChI=1S/C13H22N2O4/c1-13(2,12(18)19)9-10(16)14-6-5-11(17)15-7-3-4-8-15/h3-9H2,1-2H3,(H,14,16)(H,18,19). The van der Waals surface area contributed by atoms with Crippen LogP contribution < -0.4 is 5.32 Å². The Morgan fingerprint density at radius 1 is 1.21 bits per heavy atom. The van der Waals surface area contributed by atoms with Gasteiger partial charge >= 0.3 is 5.97 Å². The van der Waals surface area contributed by atoms with E-state index in [9.17, 15) is 14.4 Å². The number of carbonyl (C=O) groups excluding carboxylic acids is 2. The highest BCUT2D eigenvalue weighted by Gasteiger charge is 2.30. The second kappa shape index (κ2) is 6.54. The van der Waals surface area contributed by atoms with E-state index in [1.807, 2.05) is 0 Å². The smallest absolute Gasteiger partial charge is 0.309 e. The number of aliphatic carboxylic acids is 1. The summed E-state index contributed by atoms with van der Waals surface area (Å²) in [6, 6.07) is 0. The van der Waals surface area contributed by atoms with Crippen LogP contribution in [-0.2, 0) is 14.4 Å². The molecule has 1 aliphatic heterocycles. The monoisotopic (exact) mass is 270 g/mol. The number of nitrogens with zero attached hydrogens (tertiary/aromatic N) is 1. The minimum absolute atomic E-state index is 0.0512. The first-order chi connectivity index (χ1) is 8.83. The van der Waals surface area contributed by atoms with Crippen LogP contribution >= 0.6 is 0 Å². The molecule has 1 saturated heterocycles. The fraction of sp³-hybridized carbons (Fsp3) is 0.769. The van der Waals surface area contributed by atoms with Gasteiger partial charge in [0.15, 0.2) is 0 Å². The molecule has 1 rings (SSSR count). The molecule has 19 heavy (non-hydrogen) atoms. The summed E-state index contributed by atoms with van der Waals surface area (Å²) in [5.41, 5.74) is -1.08. The van der Waals surface area contributed by atoms with Crippen molar-refractivity contribution < 1.29 is 19.5 Å². The molecule has 2 amide bonds. The normalized spacial score (nSPS) is 15.4. The fourth-order valence-corrected chi connectivity index (χ4v) is 1.97. The maximum atomic E-state index is 11.7. The lowest BCUT2D eigenvalue weighted by molar-refractivity contribution is -0.149. The van der Waals surface area contributed by atoms with Crippen molar-refractivity contribution in [2.24, 2.45) is 5.41 Å². The Kier molecular flexibility index (Phi) is 5.32. The van der Waals surface area contributed by atoms with Crippen LogP contribution in [0.2, 0.25) is 0 Å². The first-order valence-electron chi connectivity index (χ1n) is 6.61. The van der Waals surface area contributed by atoms with E-state index >= 15 is 0 Å². The molecular formula is C13H22N2O4. The Hall–Kier alpha value is -1.59. The number of hydrogen-bond donors (Lipinski definition) is 2. The van der Waals surface area contributed by atoms with Crippen molar-refractivity contribution in [2.75, 3.05) is 19.6 Å². The summed E-state index contributed by atoms with van der Waals surface area (Å²) in [7, 11) is 0. The van der Waals surface area contributed by atoms with Gasteiger partial charge in [-0.2, -0.15) is 0 Å². The minimum Gasteiger partial charge on any atom is -0.481 e. The lowest BCUT2D eigenvalue weighted by Gasteiger charge is -2.19. The van der Waals surface area contributed by atoms with Gasteiger partial charge in [-0.15, -0.1) is 0 Å². The van der Waals surface area contributed by atoms with Gasteiger partial charge in [-0.05, 0) is 26.7 Å². The predicted molar refractivity (Wildman–Crippen MR) is 69.5 cm³/mol. The Labute approximate surface area is 113 Å². The van der Waals surface area contributed by atoms with Crippen LogP contribution in [0.3, 0.4) is 0 Å². The lowest BCUT2D eigenvalue weighted by atomic mass is 9.89. The number of carbonyl (C=O) groups is 3. The summed E-state index contributed by atoms with van der Waals surface area (Å²) in [6.07, 6.45) is 2.29. The third-order valence-corrected chi connectivity index (χ3v) is 3.30. The number of carboxylic acids is 1. The Morgan fingerprint density at radius 2 is 1.79 bits per heavy atom. The van der Waals surface area contributed by atoms with Crippen LogP contribution in [0.4, 0.5) is 0 Å². The van der Waals surface area contributed by atoms with E-state index in [0.717, 1.165) is 25.9 Å². The molecule has 0 aromatic rings. The van der Waals surface area contributed by atoms with Gasteiger partial charge in [0.25, 0.3) is 0 Å². The van der Waals surface area contributed by atoms with Crippen molar-refractivity contribution in [1.82, 2.24) is 10.2 Å². The van der Waals surface area contributed by atoms with Gasteiger partial charge < -0.3 is 15.3 Å². The zero-order valence-electron chi connectivity index (χ0n) is 11.6. The average molecular weight is 270 g/mol. The highest BCUT2D eigenvalue weighted by atomic mass is 16.4. The number of hydrogen-bond acceptors (Lipinski definition) is 3. The SMILES string of the molecule is CC(C)(CC(=O)NCCC(=O)N1CCCC1)C(=O)O. The summed E-state index contributed by atoms with van der Waals surface area (Å²) in [6.45, 7) is 4.89. The van der Waals surface area contributed by atoms with E-state index in [1.54, 1.807) is 4.90 Å². The summed E-state index contributed by atoms with van der Waals surface area (Å²) in [5.74, 6) is -1.28. The van der Waals surface area contributed by atoms with Crippen molar-refractivity contribution in [1.29, 1.82) is 0 Å². The van der Waals surface area contributed by atoms with Crippen LogP contribution in [0.5, 0.6) is 0 Å². The number of carboxylic acid groups (broad SMARTS) is 1. The maximum Gasteiger partial charge on any atom is 0.309 e. The molecule has 0 unspecified atom stereocenters. The van der Waals surface area contributed by atoms with Crippen LogP contribution in [-0.4, -0.2) is 47.4 Å². The van der Waals surface area contributed by atoms with E-state index < -0.39 is 11.4 Å². The second-order valence-corrected chi connectivity index (χ2v) is 5.55. The van der Waals surface area contributed by atoms with Gasteiger partial charge in [-0.25, -0.2) is 0 Å². The largest absolute Gasteiger partial charge is 0.481 e. The fourth-order valence-electron chi connectivity index (χ4n) is 1.97. The zero-order chi connectivity index (χ0) is 14.5. The van der Waals surface area contributed by atoms with Gasteiger partial charge in [0.1, 0.15) is 0 Å². The molecule has 0 saturated carbocycles. The molecule has 6 heteroatoms. The molecule has 1 heterocycles. The molecule has 0 aromatic heterocycles. The van der Waals surface area contributed by atoms with Crippen molar-refractivity contribution in [3.05, 3.63) is 0 Å². The molecule has 0 radical (unpaired) electrons. The number of nitrogens with one attached hydrogen (secondary N) is 1. The molecule has 1 fully saturated rings. The van der Waals surface area contributed by atoms with Gasteiger partial charge in [0.2, 0.25) is 11.8 Å². The predicted octanol–water partition coefficient (Wildman–Crippen LogP) is 0.616. The molecule has 1 aliphatic rings. The van der Waals surface area contributed by atoms with Gasteiger partial charge in [-0.1, -0.05) is 0 Å². The summed E-state index contributed by atoms with van der Waals surface area (Å²) < 4.78 is 0. The van der Waals surface area contributed by atoms with Gasteiger partial charge in [0.05, 0.1) is 5.41 Å². The first kappa shape index (κ1) is 15.5. The molecule has 108 valence electrons. The molecule has 0 aromatic carbocycles. The number of amides is 2. The van der Waals surface area contributed by atoms with Gasteiger partial charge in [-0.3, -0.25) is 14.4 Å². The van der Waals surface area contributed by atoms with Crippen molar-refractivity contribution in [2.45, 2.75) is 39.5 Å². The summed E-state index contributed by atoms with van der Waals surface area (Å²) >= 11 is 0. The first-order valence-corrected chi connectivity index (χ1v) is 6.61. The highest BCUT2D eigenvalue weighted by molar-refractivity contribution is 5.84. The van der Waals surface area contributed by atoms with E-state index in [1.165, 1.54) is 13.8 Å². The second-order valence-electron chi connectivity index (χ2n) is 5.55. The van der Waals surface area contributed by atoms with E-state index in [2.05, 4.69) is 5.32 Å². The van der Waals surface area contributed by atoms with E-state index in [0.29, 0.717) is 0 Å². The molecule has 0 spiro atoms. The quantitative estimate of drug-likeness (QED) is 0.740. The van der Waals surface area contributed by atoms with E-state index in [-0.39, 0.29) is 31.2 Å². The topological polar surface area (TPSA) is 86.7 Å². The highest BCUT2D eigenvalue weighted by Crippen LogP contribution is 2.19. The van der Waals surface area contributed by atoms with Crippen LogP contribution in [0.1, 0.15) is 39.5 Å². The van der Waals surface area contributed by atoms with E-state index in [4.69, 9.17) is 5.11 Å². The van der Waals surface area contributed by atoms with Crippen molar-refractivity contribution in [3.8, 4) is 0 Å². The molecule has 0 atom stereocenters. The Balaban J connectivity index is 2.23. The number of likely N-dealkylation sites (tertiary alicyclic amines) is 1.